The first-order valence-corrected chi connectivity index (χ1v) is 10.3. The standard InChI is InChI=1S/C17H28N4O3S/c1-3-18-17(19-10-6-13-24-2)20-11-14-25(22,23)21-12-9-15-7-4-5-8-16(15)21/h4-5,7-8H,3,6,9-14H2,1-2H3,(H2,18,19,20). The van der Waals surface area contributed by atoms with Crippen LogP contribution in [0.15, 0.2) is 29.3 Å². The van der Waals surface area contributed by atoms with E-state index in [1.165, 1.54) is 4.31 Å². The molecule has 1 aromatic rings. The highest BCUT2D eigenvalue weighted by atomic mass is 32.2. The number of rotatable bonds is 9. The van der Waals surface area contributed by atoms with Crippen LogP contribution in [0.4, 0.5) is 5.69 Å². The molecule has 7 nitrogen and oxygen atoms in total. The van der Waals surface area contributed by atoms with Crippen LogP contribution in [0.25, 0.3) is 0 Å². The van der Waals surface area contributed by atoms with Crippen molar-refractivity contribution in [1.82, 2.24) is 10.6 Å². The van der Waals surface area contributed by atoms with E-state index in [-0.39, 0.29) is 5.75 Å². The van der Waals surface area contributed by atoms with Crippen molar-refractivity contribution in [2.75, 3.05) is 50.0 Å². The van der Waals surface area contributed by atoms with Gasteiger partial charge in [-0.3, -0.25) is 9.30 Å². The zero-order chi connectivity index (χ0) is 18.1. The Labute approximate surface area is 150 Å². The number of benzene rings is 1. The Balaban J connectivity index is 1.88. The van der Waals surface area contributed by atoms with Crippen LogP contribution in [-0.4, -0.2) is 60.0 Å². The molecule has 0 saturated heterocycles. The molecule has 8 heteroatoms. The fourth-order valence-corrected chi connectivity index (χ4v) is 4.17. The van der Waals surface area contributed by atoms with E-state index in [1.807, 2.05) is 31.2 Å². The molecular formula is C17H28N4O3S. The number of anilines is 1. The van der Waals surface area contributed by atoms with Gasteiger partial charge in [0.15, 0.2) is 5.96 Å². The number of nitrogens with zero attached hydrogens (tertiary/aromatic N) is 2. The van der Waals surface area contributed by atoms with Crippen LogP contribution < -0.4 is 14.9 Å². The third-order valence-electron chi connectivity index (χ3n) is 3.95. The third kappa shape index (κ3) is 5.61. The van der Waals surface area contributed by atoms with Gasteiger partial charge in [-0.05, 0) is 31.4 Å². The SMILES string of the molecule is CCNC(=NCCCOC)NCCS(=O)(=O)N1CCc2ccccc21. The lowest BCUT2D eigenvalue weighted by Gasteiger charge is -2.20. The smallest absolute Gasteiger partial charge is 0.236 e. The Bertz CT molecular complexity index is 676. The lowest BCUT2D eigenvalue weighted by Crippen LogP contribution is -2.42. The van der Waals surface area contributed by atoms with E-state index in [0.717, 1.165) is 30.6 Å². The van der Waals surface area contributed by atoms with E-state index >= 15 is 0 Å². The van der Waals surface area contributed by atoms with Crippen LogP contribution in [0.1, 0.15) is 18.9 Å². The molecule has 1 heterocycles. The van der Waals surface area contributed by atoms with Crippen molar-refractivity contribution in [1.29, 1.82) is 0 Å². The Morgan fingerprint density at radius 1 is 1.32 bits per heavy atom. The molecule has 0 aliphatic carbocycles. The van der Waals surface area contributed by atoms with Crippen molar-refractivity contribution in [3.63, 3.8) is 0 Å². The molecule has 0 saturated carbocycles. The summed E-state index contributed by atoms with van der Waals surface area (Å²) >= 11 is 0. The molecule has 1 aromatic carbocycles. The van der Waals surface area contributed by atoms with Gasteiger partial charge in [0.05, 0.1) is 11.4 Å². The summed E-state index contributed by atoms with van der Waals surface area (Å²) in [5.74, 6) is 0.666. The van der Waals surface area contributed by atoms with E-state index in [1.54, 1.807) is 7.11 Å². The molecule has 25 heavy (non-hydrogen) atoms. The van der Waals surface area contributed by atoms with Gasteiger partial charge < -0.3 is 15.4 Å². The third-order valence-corrected chi connectivity index (χ3v) is 5.72. The van der Waals surface area contributed by atoms with Gasteiger partial charge in [-0.25, -0.2) is 8.42 Å². The summed E-state index contributed by atoms with van der Waals surface area (Å²) in [6.07, 6.45) is 1.60. The van der Waals surface area contributed by atoms with E-state index in [2.05, 4.69) is 15.6 Å². The Morgan fingerprint density at radius 3 is 2.88 bits per heavy atom. The first-order valence-electron chi connectivity index (χ1n) is 8.68. The summed E-state index contributed by atoms with van der Waals surface area (Å²) < 4.78 is 31.8. The summed E-state index contributed by atoms with van der Waals surface area (Å²) in [7, 11) is -1.68. The topological polar surface area (TPSA) is 83.0 Å². The summed E-state index contributed by atoms with van der Waals surface area (Å²) in [6.45, 7) is 4.83. The molecule has 0 unspecified atom stereocenters. The normalized spacial score (nSPS) is 14.5. The average molecular weight is 369 g/mol. The van der Waals surface area contributed by atoms with Crippen molar-refractivity contribution in [3.8, 4) is 0 Å². The van der Waals surface area contributed by atoms with Gasteiger partial charge in [0.1, 0.15) is 0 Å². The second-order valence-electron chi connectivity index (χ2n) is 5.80. The highest BCUT2D eigenvalue weighted by Gasteiger charge is 2.28. The molecule has 0 amide bonds. The van der Waals surface area contributed by atoms with Crippen molar-refractivity contribution >= 4 is 21.7 Å². The first kappa shape index (κ1) is 19.5. The first-order chi connectivity index (χ1) is 12.1. The molecule has 0 aromatic heterocycles. The molecule has 0 atom stereocenters. The number of fused-ring (bicyclic) bond motifs is 1. The molecule has 0 fully saturated rings. The largest absolute Gasteiger partial charge is 0.385 e. The van der Waals surface area contributed by atoms with E-state index in [9.17, 15) is 8.42 Å². The van der Waals surface area contributed by atoms with E-state index < -0.39 is 10.0 Å². The van der Waals surface area contributed by atoms with Crippen LogP contribution in [0.5, 0.6) is 0 Å². The van der Waals surface area contributed by atoms with Gasteiger partial charge in [0.2, 0.25) is 10.0 Å². The number of guanidine groups is 1. The van der Waals surface area contributed by atoms with Gasteiger partial charge in [-0.15, -0.1) is 0 Å². The number of sulfonamides is 1. The van der Waals surface area contributed by atoms with Gasteiger partial charge in [0.25, 0.3) is 0 Å². The Morgan fingerprint density at radius 2 is 2.12 bits per heavy atom. The zero-order valence-corrected chi connectivity index (χ0v) is 15.8. The molecular weight excluding hydrogens is 340 g/mol. The number of hydrogen-bond acceptors (Lipinski definition) is 4. The van der Waals surface area contributed by atoms with E-state index in [4.69, 9.17) is 4.74 Å². The highest BCUT2D eigenvalue weighted by molar-refractivity contribution is 7.92. The fraction of sp³-hybridized carbons (Fsp3) is 0.588. The average Bonchev–Trinajstić information content (AvgIpc) is 3.03. The summed E-state index contributed by atoms with van der Waals surface area (Å²) in [4.78, 5) is 4.41. The monoisotopic (exact) mass is 368 g/mol. The second kappa shape index (κ2) is 9.62. The number of methoxy groups -OCH3 is 1. The number of para-hydroxylation sites is 1. The van der Waals surface area contributed by atoms with Gasteiger partial charge in [-0.2, -0.15) is 0 Å². The lowest BCUT2D eigenvalue weighted by molar-refractivity contribution is 0.197. The molecule has 0 radical (unpaired) electrons. The van der Waals surface area contributed by atoms with Crippen molar-refractivity contribution in [2.24, 2.45) is 4.99 Å². The predicted octanol–water partition coefficient (Wildman–Crippen LogP) is 0.971. The van der Waals surface area contributed by atoms with Gasteiger partial charge >= 0.3 is 0 Å². The minimum Gasteiger partial charge on any atom is -0.385 e. The number of aliphatic imine (C=N–C) groups is 1. The maximum atomic E-state index is 12.6. The number of ether oxygens (including phenoxy) is 1. The Kier molecular flexibility index (Phi) is 7.52. The minimum atomic E-state index is -3.35. The van der Waals surface area contributed by atoms with Crippen molar-refractivity contribution in [3.05, 3.63) is 29.8 Å². The molecule has 2 N–H and O–H groups in total. The fourth-order valence-electron chi connectivity index (χ4n) is 2.75. The van der Waals surface area contributed by atoms with Crippen LogP contribution >= 0.6 is 0 Å². The maximum absolute atomic E-state index is 12.6. The maximum Gasteiger partial charge on any atom is 0.236 e. The van der Waals surface area contributed by atoms with Crippen LogP contribution in [0.3, 0.4) is 0 Å². The summed E-state index contributed by atoms with van der Waals surface area (Å²) in [6, 6.07) is 7.67. The van der Waals surface area contributed by atoms with Crippen LogP contribution in [0.2, 0.25) is 0 Å². The second-order valence-corrected chi connectivity index (χ2v) is 7.81. The summed E-state index contributed by atoms with van der Waals surface area (Å²) in [5.41, 5.74) is 1.90. The summed E-state index contributed by atoms with van der Waals surface area (Å²) in [5, 5.41) is 6.21. The molecule has 2 rings (SSSR count). The van der Waals surface area contributed by atoms with E-state index in [0.29, 0.717) is 32.2 Å². The van der Waals surface area contributed by atoms with Gasteiger partial charge in [0, 0.05) is 39.9 Å². The van der Waals surface area contributed by atoms with Gasteiger partial charge in [-0.1, -0.05) is 18.2 Å². The number of hydrogen-bond donors (Lipinski definition) is 2. The minimum absolute atomic E-state index is 0.0316. The zero-order valence-electron chi connectivity index (χ0n) is 15.0. The van der Waals surface area contributed by atoms with Crippen molar-refractivity contribution in [2.45, 2.75) is 19.8 Å². The van der Waals surface area contributed by atoms with Crippen LogP contribution in [-0.2, 0) is 21.2 Å². The molecule has 140 valence electrons. The highest BCUT2D eigenvalue weighted by Crippen LogP contribution is 2.29. The Hall–Kier alpha value is -1.80. The predicted molar refractivity (Wildman–Crippen MR) is 102 cm³/mol. The molecule has 0 bridgehead atoms. The van der Waals surface area contributed by atoms with Crippen LogP contribution in [0, 0.1) is 0 Å². The lowest BCUT2D eigenvalue weighted by atomic mass is 10.2. The number of nitrogens with one attached hydrogen (secondary N) is 2. The quantitative estimate of drug-likeness (QED) is 0.386. The van der Waals surface area contributed by atoms with Crippen molar-refractivity contribution < 1.29 is 13.2 Å². The molecule has 0 spiro atoms. The molecule has 1 aliphatic rings. The molecule has 1 aliphatic heterocycles.